The van der Waals surface area contributed by atoms with Gasteiger partial charge in [-0.2, -0.15) is 0 Å². The fraction of sp³-hybridized carbons (Fsp3) is 0.273. The molecule has 0 atom stereocenters. The fourth-order valence-electron chi connectivity index (χ4n) is 1.46. The third-order valence-electron chi connectivity index (χ3n) is 2.41. The minimum atomic E-state index is 0.490. The number of hydrogen-bond donors (Lipinski definition) is 0. The summed E-state index contributed by atoms with van der Waals surface area (Å²) in [6.07, 6.45) is 7.27. The number of alkyl halides is 1. The normalized spacial score (nSPS) is 10.5. The molecular weight excluding hydrogens is 210 g/mol. The minimum absolute atomic E-state index is 0.490. The Balaban J connectivity index is 2.26. The molecule has 0 saturated heterocycles. The summed E-state index contributed by atoms with van der Waals surface area (Å²) in [7, 11) is 0. The summed E-state index contributed by atoms with van der Waals surface area (Å²) in [4.78, 5) is 8.15. The third kappa shape index (κ3) is 2.18. The SMILES string of the molecule is Cc1cnccc1Cn1cncc1CCl. The number of aryl methyl sites for hydroxylation is 1. The van der Waals surface area contributed by atoms with Gasteiger partial charge in [-0.05, 0) is 24.1 Å². The molecule has 4 heteroatoms. The van der Waals surface area contributed by atoms with Gasteiger partial charge in [0.25, 0.3) is 0 Å². The lowest BCUT2D eigenvalue weighted by atomic mass is 10.1. The number of hydrogen-bond acceptors (Lipinski definition) is 2. The quantitative estimate of drug-likeness (QED) is 0.746. The van der Waals surface area contributed by atoms with Crippen LogP contribution in [0.5, 0.6) is 0 Å². The van der Waals surface area contributed by atoms with Crippen LogP contribution in [0.3, 0.4) is 0 Å². The summed E-state index contributed by atoms with van der Waals surface area (Å²) < 4.78 is 2.05. The van der Waals surface area contributed by atoms with E-state index in [0.29, 0.717) is 5.88 Å². The standard InChI is InChI=1S/C11H12ClN3/c1-9-5-13-3-2-10(9)7-15-8-14-6-11(15)4-12/h2-3,5-6,8H,4,7H2,1H3. The van der Waals surface area contributed by atoms with Crippen molar-refractivity contribution in [2.75, 3.05) is 0 Å². The Morgan fingerprint density at radius 2 is 2.20 bits per heavy atom. The van der Waals surface area contributed by atoms with Crippen molar-refractivity contribution in [3.05, 3.63) is 47.8 Å². The van der Waals surface area contributed by atoms with E-state index in [1.807, 2.05) is 12.3 Å². The van der Waals surface area contributed by atoms with Gasteiger partial charge in [0.05, 0.1) is 17.9 Å². The van der Waals surface area contributed by atoms with E-state index in [9.17, 15) is 0 Å². The average molecular weight is 222 g/mol. The number of pyridine rings is 1. The van der Waals surface area contributed by atoms with Crippen molar-refractivity contribution in [1.29, 1.82) is 0 Å². The molecule has 0 unspecified atom stereocenters. The van der Waals surface area contributed by atoms with Crippen LogP contribution in [0.25, 0.3) is 0 Å². The molecule has 0 aliphatic carbocycles. The number of nitrogens with zero attached hydrogens (tertiary/aromatic N) is 3. The fourth-order valence-corrected chi connectivity index (χ4v) is 1.69. The molecule has 0 fully saturated rings. The lowest BCUT2D eigenvalue weighted by Gasteiger charge is -2.08. The summed E-state index contributed by atoms with van der Waals surface area (Å²) in [6, 6.07) is 2.02. The zero-order valence-electron chi connectivity index (χ0n) is 8.52. The van der Waals surface area contributed by atoms with Crippen LogP contribution in [0, 0.1) is 6.92 Å². The zero-order chi connectivity index (χ0) is 10.7. The van der Waals surface area contributed by atoms with Crippen LogP contribution in [0.1, 0.15) is 16.8 Å². The molecule has 2 aromatic heterocycles. The molecule has 2 aromatic rings. The van der Waals surface area contributed by atoms with Crippen molar-refractivity contribution in [2.24, 2.45) is 0 Å². The topological polar surface area (TPSA) is 30.7 Å². The second kappa shape index (κ2) is 4.45. The number of imidazole rings is 1. The highest BCUT2D eigenvalue weighted by Crippen LogP contribution is 2.10. The Morgan fingerprint density at radius 3 is 2.93 bits per heavy atom. The van der Waals surface area contributed by atoms with Crippen LogP contribution < -0.4 is 0 Å². The Morgan fingerprint density at radius 1 is 1.33 bits per heavy atom. The molecule has 0 amide bonds. The Labute approximate surface area is 93.7 Å². The van der Waals surface area contributed by atoms with Gasteiger partial charge >= 0.3 is 0 Å². The second-order valence-electron chi connectivity index (χ2n) is 3.45. The van der Waals surface area contributed by atoms with E-state index in [1.165, 1.54) is 11.1 Å². The smallest absolute Gasteiger partial charge is 0.0951 e. The van der Waals surface area contributed by atoms with Crippen molar-refractivity contribution in [3.8, 4) is 0 Å². The summed E-state index contributed by atoms with van der Waals surface area (Å²) in [5, 5.41) is 0. The summed E-state index contributed by atoms with van der Waals surface area (Å²) >= 11 is 5.81. The van der Waals surface area contributed by atoms with Crippen molar-refractivity contribution >= 4 is 11.6 Å². The molecule has 0 bridgehead atoms. The van der Waals surface area contributed by atoms with Crippen LogP contribution >= 0.6 is 11.6 Å². The first-order valence-corrected chi connectivity index (χ1v) is 5.29. The maximum absolute atomic E-state index is 5.81. The predicted octanol–water partition coefficient (Wildman–Crippen LogP) is 2.37. The molecule has 0 spiro atoms. The molecule has 2 heterocycles. The molecule has 2 rings (SSSR count). The molecule has 0 N–H and O–H groups in total. The maximum Gasteiger partial charge on any atom is 0.0951 e. The molecular formula is C11H12ClN3. The van der Waals surface area contributed by atoms with Gasteiger partial charge in [-0.3, -0.25) is 4.98 Å². The van der Waals surface area contributed by atoms with Gasteiger partial charge in [0.1, 0.15) is 0 Å². The highest BCUT2D eigenvalue weighted by atomic mass is 35.5. The summed E-state index contributed by atoms with van der Waals surface area (Å²) in [5.41, 5.74) is 3.47. The van der Waals surface area contributed by atoms with Crippen LogP contribution in [0.4, 0.5) is 0 Å². The lowest BCUT2D eigenvalue weighted by molar-refractivity contribution is 0.759. The first-order valence-electron chi connectivity index (χ1n) is 4.75. The third-order valence-corrected chi connectivity index (χ3v) is 2.69. The van der Waals surface area contributed by atoms with Gasteiger partial charge < -0.3 is 4.57 Å². The van der Waals surface area contributed by atoms with E-state index in [-0.39, 0.29) is 0 Å². The van der Waals surface area contributed by atoms with Crippen LogP contribution in [0.2, 0.25) is 0 Å². The van der Waals surface area contributed by atoms with Crippen LogP contribution in [0.15, 0.2) is 31.0 Å². The monoisotopic (exact) mass is 221 g/mol. The largest absolute Gasteiger partial charge is 0.329 e. The van der Waals surface area contributed by atoms with Crippen LogP contribution in [-0.4, -0.2) is 14.5 Å². The predicted molar refractivity (Wildman–Crippen MR) is 59.9 cm³/mol. The van der Waals surface area contributed by atoms with Crippen molar-refractivity contribution in [3.63, 3.8) is 0 Å². The number of halogens is 1. The van der Waals surface area contributed by atoms with Gasteiger partial charge in [0.2, 0.25) is 0 Å². The Hall–Kier alpha value is -1.35. The van der Waals surface area contributed by atoms with E-state index in [2.05, 4.69) is 21.5 Å². The maximum atomic E-state index is 5.81. The van der Waals surface area contributed by atoms with Crippen molar-refractivity contribution in [2.45, 2.75) is 19.3 Å². The molecule has 0 aliphatic rings. The molecule has 0 aromatic carbocycles. The molecule has 15 heavy (non-hydrogen) atoms. The first-order chi connectivity index (χ1) is 7.31. The Bertz CT molecular complexity index is 451. The molecule has 78 valence electrons. The van der Waals surface area contributed by atoms with Gasteiger partial charge in [-0.15, -0.1) is 11.6 Å². The average Bonchev–Trinajstić information content (AvgIpc) is 2.69. The minimum Gasteiger partial charge on any atom is -0.329 e. The summed E-state index contributed by atoms with van der Waals surface area (Å²) in [5.74, 6) is 0.490. The summed E-state index contributed by atoms with van der Waals surface area (Å²) in [6.45, 7) is 2.86. The van der Waals surface area contributed by atoms with Gasteiger partial charge in [-0.25, -0.2) is 4.98 Å². The lowest BCUT2D eigenvalue weighted by Crippen LogP contribution is -2.03. The highest BCUT2D eigenvalue weighted by Gasteiger charge is 2.03. The van der Waals surface area contributed by atoms with Gasteiger partial charge in [0, 0.05) is 25.1 Å². The molecule has 0 saturated carbocycles. The highest BCUT2D eigenvalue weighted by molar-refractivity contribution is 6.16. The van der Waals surface area contributed by atoms with Gasteiger partial charge in [-0.1, -0.05) is 0 Å². The van der Waals surface area contributed by atoms with Crippen molar-refractivity contribution < 1.29 is 0 Å². The number of aromatic nitrogens is 3. The van der Waals surface area contributed by atoms with Crippen molar-refractivity contribution in [1.82, 2.24) is 14.5 Å². The van der Waals surface area contributed by atoms with E-state index < -0.39 is 0 Å². The first kappa shape index (κ1) is 10.2. The molecule has 0 aliphatic heterocycles. The van der Waals surface area contributed by atoms with E-state index >= 15 is 0 Å². The van der Waals surface area contributed by atoms with E-state index in [4.69, 9.17) is 11.6 Å². The molecule has 3 nitrogen and oxygen atoms in total. The Kier molecular flexibility index (Phi) is 3.02. The number of rotatable bonds is 3. The van der Waals surface area contributed by atoms with E-state index in [0.717, 1.165) is 12.2 Å². The zero-order valence-corrected chi connectivity index (χ0v) is 9.28. The van der Waals surface area contributed by atoms with Gasteiger partial charge in [0.15, 0.2) is 0 Å². The second-order valence-corrected chi connectivity index (χ2v) is 3.72. The van der Waals surface area contributed by atoms with Crippen LogP contribution in [-0.2, 0) is 12.4 Å². The molecule has 0 radical (unpaired) electrons. The van der Waals surface area contributed by atoms with E-state index in [1.54, 1.807) is 18.7 Å².